The number of aromatic hydroxyl groups is 3. The second kappa shape index (κ2) is 84.5. The summed E-state index contributed by atoms with van der Waals surface area (Å²) in [6.45, 7) is 28.7. The van der Waals surface area contributed by atoms with Crippen LogP contribution in [-0.2, 0) is 185 Å². The van der Waals surface area contributed by atoms with Crippen LogP contribution in [0.3, 0.4) is 0 Å². The largest absolute Gasteiger partial charge is 0.508 e. The summed E-state index contributed by atoms with van der Waals surface area (Å²) < 4.78 is 89.3. The van der Waals surface area contributed by atoms with Crippen molar-refractivity contribution in [2.24, 2.45) is 11.8 Å². The minimum Gasteiger partial charge on any atom is -0.508 e. The maximum atomic E-state index is 11.6. The number of rotatable bonds is 44. The third-order valence-electron chi connectivity index (χ3n) is 15.1. The number of aliphatic carboxylic acids is 4. The van der Waals surface area contributed by atoms with E-state index in [1.807, 2.05) is 0 Å². The molecule has 1 aliphatic heterocycles. The van der Waals surface area contributed by atoms with Crippen molar-refractivity contribution in [3.63, 3.8) is 0 Å². The van der Waals surface area contributed by atoms with Gasteiger partial charge >= 0.3 is 107 Å². The molecule has 10 N–H and O–H groups in total. The van der Waals surface area contributed by atoms with Crippen molar-refractivity contribution in [1.29, 1.82) is 0 Å². The molecule has 1 saturated carbocycles. The number of hydrogen-bond donors (Lipinski definition) is 10. The van der Waals surface area contributed by atoms with E-state index in [0.717, 1.165) is 59.4 Å². The second-order valence-corrected chi connectivity index (χ2v) is 33.1. The molecule has 44 nitrogen and oxygen atoms in total. The Morgan fingerprint density at radius 1 is 0.399 bits per heavy atom. The first kappa shape index (κ1) is 136. The number of hydrogen-bond acceptors (Lipinski definition) is 40. The first-order valence-corrected chi connectivity index (χ1v) is 46.4. The molecule has 1 saturated heterocycles. The maximum Gasteiger partial charge on any atom is 0.330 e. The summed E-state index contributed by atoms with van der Waals surface area (Å²) >= 11 is 0. The zero-order chi connectivity index (χ0) is 107. The van der Waals surface area contributed by atoms with Gasteiger partial charge in [-0.15, -0.1) is 0 Å². The van der Waals surface area contributed by atoms with Crippen molar-refractivity contribution in [2.45, 2.75) is 187 Å². The Morgan fingerprint density at radius 2 is 0.638 bits per heavy atom. The van der Waals surface area contributed by atoms with Gasteiger partial charge in [0.2, 0.25) is 18.3 Å². The minimum absolute atomic E-state index is 0.0326. The predicted molar refractivity (Wildman–Crippen MR) is 491 cm³/mol. The highest BCUT2D eigenvalue weighted by molar-refractivity contribution is 8.26. The Hall–Kier alpha value is -13.0. The van der Waals surface area contributed by atoms with Crippen LogP contribution in [0.1, 0.15) is 148 Å². The lowest BCUT2D eigenvalue weighted by molar-refractivity contribution is -0.157. The summed E-state index contributed by atoms with van der Waals surface area (Å²) in [5.41, 5.74) is 2.89. The Morgan fingerprint density at radius 3 is 0.884 bits per heavy atom. The summed E-state index contributed by atoms with van der Waals surface area (Å²) in [5.74, 6) is -11.4. The van der Waals surface area contributed by atoms with Crippen molar-refractivity contribution in [1.82, 2.24) is 0 Å². The van der Waals surface area contributed by atoms with E-state index < -0.39 is 162 Å². The zero-order valence-electron chi connectivity index (χ0n) is 76.9. The van der Waals surface area contributed by atoms with Crippen molar-refractivity contribution in [3.05, 3.63) is 165 Å². The van der Waals surface area contributed by atoms with Crippen LogP contribution in [0, 0.1) is 11.8 Å². The SMILES string of the molecule is C=CC(=O)OC(C)CO.C=CC(=O)OC(C)COC(=O)CCC(=O)O.C=CC(=O)OC(C)COC(=O)CCC(=O)OCCc1ccc(O)cc1.C=CC(=O)OCC(C)O.C=CC(=O)OCC(C)OC(=O)CCC(=O)O.C=CC(=O)OCC(C)OC(=O)CCC(=O)OCCc1ccc(O)cc1.CS(=O)(=O)Cl.O=C(O)C1CCC(C(=O)O)CC1.O=C1CCC(=O)O1.O=S(Cl)Cl.OCCc1ccc(O)cc1. The van der Waals surface area contributed by atoms with Gasteiger partial charge < -0.3 is 113 Å². The molecule has 5 rings (SSSR count). The monoisotopic (exact) mass is 2060 g/mol. The molecule has 774 valence electrons. The van der Waals surface area contributed by atoms with Crippen LogP contribution in [0.4, 0.5) is 0 Å². The van der Waals surface area contributed by atoms with Crippen LogP contribution in [0.5, 0.6) is 17.2 Å². The number of carboxylic acids is 4. The van der Waals surface area contributed by atoms with Gasteiger partial charge in [0.25, 0.3) is 0 Å². The molecular weight excluding hydrogens is 1940 g/mol. The summed E-state index contributed by atoms with van der Waals surface area (Å²) in [7, 11) is 8.67. The third kappa shape index (κ3) is 96.1. The topological polar surface area (TPSA) is 681 Å². The van der Waals surface area contributed by atoms with E-state index in [4.69, 9.17) is 88.1 Å². The fraction of sp³-hybridized carbons (Fsp3) is 0.461. The van der Waals surface area contributed by atoms with Gasteiger partial charge in [-0.05, 0) is 127 Å². The van der Waals surface area contributed by atoms with Gasteiger partial charge in [0.1, 0.15) is 80.8 Å². The highest BCUT2D eigenvalue weighted by Gasteiger charge is 2.30. The molecule has 0 aromatic heterocycles. The molecule has 6 unspecified atom stereocenters. The fourth-order valence-corrected chi connectivity index (χ4v) is 8.50. The fourth-order valence-electron chi connectivity index (χ4n) is 8.50. The number of phenols is 3. The first-order chi connectivity index (χ1) is 64.5. The molecule has 3 aromatic carbocycles. The Bertz CT molecular complexity index is 4350. The number of esters is 14. The zero-order valence-corrected chi connectivity index (χ0v) is 80.8. The molecule has 0 spiro atoms. The van der Waals surface area contributed by atoms with Gasteiger partial charge in [-0.1, -0.05) is 75.9 Å². The summed E-state index contributed by atoms with van der Waals surface area (Å²) in [6, 6.07) is 20.0. The van der Waals surface area contributed by atoms with E-state index in [2.05, 4.69) is 95.2 Å². The van der Waals surface area contributed by atoms with Gasteiger partial charge in [-0.2, -0.15) is 0 Å². The number of carbonyl (C=O) groups excluding carboxylic acids is 14. The molecule has 6 atom stereocenters. The number of halogens is 3. The quantitative estimate of drug-likeness (QED) is 0.00841. The summed E-state index contributed by atoms with van der Waals surface area (Å²) in [5, 5.41) is 86.5. The number of ether oxygens (including phenoxy) is 13. The highest BCUT2D eigenvalue weighted by Crippen LogP contribution is 2.29. The molecule has 138 heavy (non-hydrogen) atoms. The molecule has 0 radical (unpaired) electrons. The standard InChI is InChI=1S/2C18H22O7.2C10H14O6.C8H12O4.C8H10O2.2C6H10O3.C4H4O3.CH3ClO2S.Cl2OS/c1-3-16(20)25-13(2)12-24-18(22)9-8-17(21)23-11-10-14-4-6-15(19)7-5-14;1-3-16(20)24-12-13(2)25-18(22)9-8-17(21)23-11-10-14-4-6-15(19)7-5-14;1-3-9(13)16-7(2)6-15-10(14)5-4-8(11)12;1-3-9(13)15-6-7(2)16-10(14)5-4-8(11)12;9-7(10)5-1-2-6(4-3-5)8(11)12;9-6-5-7-1-3-8(10)4-2-7;1-3-6(8)9-4-5(2)7;1-3-6(8)9-5(2)4-7;5-3-1-2-4(6)7-3;1-5(2,3)4;1-4(2)3/h2*3-7,13,19H,1,8-12H2,2H3;2*3,7H,1,4-6H2,2H3,(H,11,12);5-6H,1-4H2,(H,9,10)(H,11,12);1-4,9-10H,5-6H2;2*3,5,7H,1,4H2,2H3;1-2H2;1H3;. The van der Waals surface area contributed by atoms with Gasteiger partial charge in [0.15, 0.2) is 0 Å². The van der Waals surface area contributed by atoms with Crippen LogP contribution in [-0.4, -0.2) is 273 Å². The number of phenolic OH excluding ortho intramolecular Hbond substituents is 3. The van der Waals surface area contributed by atoms with E-state index in [9.17, 15) is 99.8 Å². The average Bonchev–Trinajstić information content (AvgIpc) is 1.51. The number of carbonyl (C=O) groups is 18. The number of cyclic esters (lactones) is 2. The summed E-state index contributed by atoms with van der Waals surface area (Å²) in [4.78, 5) is 193. The average molecular weight is 2070 g/mol. The summed E-state index contributed by atoms with van der Waals surface area (Å²) in [6.07, 6.45) is 6.54. The Labute approximate surface area is 812 Å². The molecule has 0 amide bonds. The molecule has 3 aromatic rings. The van der Waals surface area contributed by atoms with E-state index in [-0.39, 0.29) is 153 Å². The van der Waals surface area contributed by atoms with Crippen molar-refractivity contribution < 1.29 is 212 Å². The number of aliphatic hydroxyl groups is 3. The Balaban J connectivity index is -0.000000360. The minimum atomic E-state index is -3.19. The van der Waals surface area contributed by atoms with E-state index in [1.54, 1.807) is 100 Å². The third-order valence-corrected chi connectivity index (χ3v) is 15.1. The van der Waals surface area contributed by atoms with Crippen molar-refractivity contribution >= 4 is 158 Å². The molecule has 49 heteroatoms. The molecule has 2 fully saturated rings. The first-order valence-electron chi connectivity index (χ1n) is 40.9. The second-order valence-electron chi connectivity index (χ2n) is 27.5. The number of aliphatic hydroxyl groups excluding tert-OH is 3. The number of benzene rings is 3. The maximum absolute atomic E-state index is 11.6. The molecule has 0 bridgehead atoms. The van der Waals surface area contributed by atoms with Crippen molar-refractivity contribution in [2.75, 3.05) is 65.7 Å². The lowest BCUT2D eigenvalue weighted by atomic mass is 9.82. The molecular formula is C89H121Cl3O44S2. The van der Waals surface area contributed by atoms with Crippen LogP contribution in [0.2, 0.25) is 0 Å². The van der Waals surface area contributed by atoms with Gasteiger partial charge in [0.05, 0.1) is 108 Å². The lowest BCUT2D eigenvalue weighted by Gasteiger charge is -2.22. The van der Waals surface area contributed by atoms with Gasteiger partial charge in [0, 0.05) is 88.0 Å². The van der Waals surface area contributed by atoms with Crippen LogP contribution in [0.15, 0.2) is 149 Å². The van der Waals surface area contributed by atoms with Gasteiger partial charge in [-0.25, -0.2) is 41.4 Å². The highest BCUT2D eigenvalue weighted by atomic mass is 36.0. The van der Waals surface area contributed by atoms with E-state index in [0.29, 0.717) is 44.9 Å². The number of carboxylic acid groups (broad SMARTS) is 4. The normalized spacial score (nSPS) is 13.3. The molecule has 2 aliphatic rings. The van der Waals surface area contributed by atoms with Crippen molar-refractivity contribution in [3.8, 4) is 17.2 Å². The lowest BCUT2D eigenvalue weighted by Crippen LogP contribution is -2.25. The Kier molecular flexibility index (Phi) is 83.1. The molecule has 1 aliphatic carbocycles. The van der Waals surface area contributed by atoms with E-state index >= 15 is 0 Å². The predicted octanol–water partition coefficient (Wildman–Crippen LogP) is 8.02. The van der Waals surface area contributed by atoms with Crippen LogP contribution < -0.4 is 0 Å². The van der Waals surface area contributed by atoms with E-state index in [1.165, 1.54) is 13.8 Å². The van der Waals surface area contributed by atoms with Crippen LogP contribution in [0.25, 0.3) is 0 Å². The van der Waals surface area contributed by atoms with Gasteiger partial charge in [-0.3, -0.25) is 57.5 Å². The smallest absolute Gasteiger partial charge is 0.330 e. The van der Waals surface area contributed by atoms with Crippen LogP contribution >= 0.6 is 32.0 Å². The molecule has 1 heterocycles.